The third-order valence-electron chi connectivity index (χ3n) is 2.91. The van der Waals surface area contributed by atoms with Crippen LogP contribution in [0.25, 0.3) is 0 Å². The van der Waals surface area contributed by atoms with Crippen LogP contribution in [-0.4, -0.2) is 23.8 Å². The fraction of sp³-hybridized carbons (Fsp3) is 0.909. The maximum absolute atomic E-state index is 11.5. The molecule has 0 radical (unpaired) electrons. The summed E-state index contributed by atoms with van der Waals surface area (Å²) >= 11 is 0. The third-order valence-corrected chi connectivity index (χ3v) is 2.91. The van der Waals surface area contributed by atoms with Gasteiger partial charge in [0.1, 0.15) is 0 Å². The number of carbonyl (C=O) groups excluding carboxylic acids is 1. The third kappa shape index (κ3) is 2.98. The minimum atomic E-state index is -0.508. The molecular weight excluding hydrogens is 180 g/mol. The molecule has 0 aromatic heterocycles. The SMILES string of the molecule is CCOC(=O)C1CCCC(C)CC1O. The van der Waals surface area contributed by atoms with Crippen LogP contribution in [0, 0.1) is 11.8 Å². The summed E-state index contributed by atoms with van der Waals surface area (Å²) in [6.45, 7) is 4.32. The van der Waals surface area contributed by atoms with E-state index in [1.54, 1.807) is 6.92 Å². The van der Waals surface area contributed by atoms with Gasteiger partial charge in [0.15, 0.2) is 0 Å². The predicted octanol–water partition coefficient (Wildman–Crippen LogP) is 1.74. The molecule has 1 N–H and O–H groups in total. The van der Waals surface area contributed by atoms with Crippen LogP contribution in [-0.2, 0) is 9.53 Å². The van der Waals surface area contributed by atoms with Crippen LogP contribution in [0.3, 0.4) is 0 Å². The van der Waals surface area contributed by atoms with E-state index in [2.05, 4.69) is 6.92 Å². The molecule has 0 saturated heterocycles. The van der Waals surface area contributed by atoms with Crippen molar-refractivity contribution in [2.45, 2.75) is 45.6 Å². The zero-order chi connectivity index (χ0) is 10.6. The highest BCUT2D eigenvalue weighted by Crippen LogP contribution is 2.28. The Bertz CT molecular complexity index is 191. The number of ether oxygens (including phenoxy) is 1. The Kier molecular flexibility index (Phi) is 4.39. The summed E-state index contributed by atoms with van der Waals surface area (Å²) in [6, 6.07) is 0. The van der Waals surface area contributed by atoms with Crippen molar-refractivity contribution in [3.05, 3.63) is 0 Å². The van der Waals surface area contributed by atoms with Crippen LogP contribution in [0.5, 0.6) is 0 Å². The topological polar surface area (TPSA) is 46.5 Å². The fourth-order valence-electron chi connectivity index (χ4n) is 2.10. The minimum absolute atomic E-state index is 0.228. The average Bonchev–Trinajstić information content (AvgIpc) is 2.27. The van der Waals surface area contributed by atoms with Gasteiger partial charge in [-0.15, -0.1) is 0 Å². The first-order valence-corrected chi connectivity index (χ1v) is 5.49. The molecule has 0 heterocycles. The molecule has 82 valence electrons. The van der Waals surface area contributed by atoms with E-state index in [4.69, 9.17) is 4.74 Å². The first-order chi connectivity index (χ1) is 6.65. The summed E-state index contributed by atoms with van der Waals surface area (Å²) in [6.07, 6.45) is 3.11. The second-order valence-electron chi connectivity index (χ2n) is 4.20. The molecule has 1 saturated carbocycles. The largest absolute Gasteiger partial charge is 0.466 e. The van der Waals surface area contributed by atoms with Gasteiger partial charge >= 0.3 is 5.97 Å². The molecule has 0 aliphatic heterocycles. The van der Waals surface area contributed by atoms with Crippen molar-refractivity contribution in [2.75, 3.05) is 6.61 Å². The van der Waals surface area contributed by atoms with Crippen molar-refractivity contribution in [3.8, 4) is 0 Å². The van der Waals surface area contributed by atoms with Crippen molar-refractivity contribution < 1.29 is 14.6 Å². The van der Waals surface area contributed by atoms with E-state index in [9.17, 15) is 9.90 Å². The van der Waals surface area contributed by atoms with Crippen molar-refractivity contribution in [3.63, 3.8) is 0 Å². The molecule has 3 heteroatoms. The predicted molar refractivity (Wildman–Crippen MR) is 53.8 cm³/mol. The Morgan fingerprint density at radius 1 is 1.50 bits per heavy atom. The summed E-state index contributed by atoms with van der Waals surface area (Å²) < 4.78 is 4.94. The highest BCUT2D eigenvalue weighted by Gasteiger charge is 2.31. The number of rotatable bonds is 2. The van der Waals surface area contributed by atoms with Gasteiger partial charge in [0.25, 0.3) is 0 Å². The van der Waals surface area contributed by atoms with Crippen molar-refractivity contribution in [2.24, 2.45) is 11.8 Å². The molecule has 3 atom stereocenters. The molecule has 0 spiro atoms. The Balaban J connectivity index is 2.53. The van der Waals surface area contributed by atoms with Crippen LogP contribution in [0.1, 0.15) is 39.5 Å². The zero-order valence-electron chi connectivity index (χ0n) is 9.03. The Morgan fingerprint density at radius 3 is 2.86 bits per heavy atom. The molecular formula is C11H20O3. The van der Waals surface area contributed by atoms with Gasteiger partial charge in [0, 0.05) is 0 Å². The average molecular weight is 200 g/mol. The van der Waals surface area contributed by atoms with Crippen LogP contribution >= 0.6 is 0 Å². The second-order valence-corrected chi connectivity index (χ2v) is 4.20. The first kappa shape index (κ1) is 11.5. The van der Waals surface area contributed by atoms with E-state index in [-0.39, 0.29) is 11.9 Å². The van der Waals surface area contributed by atoms with Crippen molar-refractivity contribution >= 4 is 5.97 Å². The van der Waals surface area contributed by atoms with Crippen molar-refractivity contribution in [1.82, 2.24) is 0 Å². The van der Waals surface area contributed by atoms with Crippen LogP contribution in [0.2, 0.25) is 0 Å². The fourth-order valence-corrected chi connectivity index (χ4v) is 2.10. The Hall–Kier alpha value is -0.570. The van der Waals surface area contributed by atoms with Gasteiger partial charge in [-0.3, -0.25) is 4.79 Å². The van der Waals surface area contributed by atoms with Crippen LogP contribution < -0.4 is 0 Å². The highest BCUT2D eigenvalue weighted by atomic mass is 16.5. The lowest BCUT2D eigenvalue weighted by Gasteiger charge is -2.19. The van der Waals surface area contributed by atoms with Gasteiger partial charge in [-0.05, 0) is 25.7 Å². The molecule has 1 fully saturated rings. The van der Waals surface area contributed by atoms with Crippen LogP contribution in [0.15, 0.2) is 0 Å². The number of hydrogen-bond donors (Lipinski definition) is 1. The molecule has 0 aromatic rings. The number of carbonyl (C=O) groups is 1. The molecule has 0 amide bonds. The Labute approximate surface area is 85.5 Å². The lowest BCUT2D eigenvalue weighted by atomic mass is 9.96. The number of aliphatic hydroxyl groups excluding tert-OH is 1. The number of esters is 1. The van der Waals surface area contributed by atoms with E-state index in [1.165, 1.54) is 0 Å². The molecule has 3 nitrogen and oxygen atoms in total. The molecule has 1 aliphatic rings. The normalized spacial score (nSPS) is 33.5. The molecule has 1 rings (SSSR count). The Morgan fingerprint density at radius 2 is 2.21 bits per heavy atom. The minimum Gasteiger partial charge on any atom is -0.466 e. The second kappa shape index (κ2) is 5.35. The van der Waals surface area contributed by atoms with Gasteiger partial charge in [-0.2, -0.15) is 0 Å². The lowest BCUT2D eigenvalue weighted by molar-refractivity contribution is -0.152. The van der Waals surface area contributed by atoms with Gasteiger partial charge in [0.05, 0.1) is 18.6 Å². The lowest BCUT2D eigenvalue weighted by Crippen LogP contribution is -2.29. The summed E-state index contributed by atoms with van der Waals surface area (Å²) in [5.41, 5.74) is 0. The van der Waals surface area contributed by atoms with Gasteiger partial charge < -0.3 is 9.84 Å². The number of hydrogen-bond acceptors (Lipinski definition) is 3. The van der Waals surface area contributed by atoms with E-state index in [0.717, 1.165) is 25.7 Å². The first-order valence-electron chi connectivity index (χ1n) is 5.49. The summed E-state index contributed by atoms with van der Waals surface area (Å²) in [5.74, 6) is -0.00146. The van der Waals surface area contributed by atoms with Gasteiger partial charge in [0.2, 0.25) is 0 Å². The maximum Gasteiger partial charge on any atom is 0.311 e. The maximum atomic E-state index is 11.5. The number of aliphatic hydroxyl groups is 1. The standard InChI is InChI=1S/C11H20O3/c1-3-14-11(13)9-6-4-5-8(2)7-10(9)12/h8-10,12H,3-7H2,1-2H3. The van der Waals surface area contributed by atoms with E-state index >= 15 is 0 Å². The molecule has 3 unspecified atom stereocenters. The summed E-state index contributed by atoms with van der Waals surface area (Å²) in [4.78, 5) is 11.5. The van der Waals surface area contributed by atoms with Crippen LogP contribution in [0.4, 0.5) is 0 Å². The molecule has 14 heavy (non-hydrogen) atoms. The molecule has 1 aliphatic carbocycles. The van der Waals surface area contributed by atoms with E-state index in [1.807, 2.05) is 0 Å². The zero-order valence-corrected chi connectivity index (χ0v) is 9.03. The summed E-state index contributed by atoms with van der Waals surface area (Å²) in [5, 5.41) is 9.82. The highest BCUT2D eigenvalue weighted by molar-refractivity contribution is 5.73. The van der Waals surface area contributed by atoms with Gasteiger partial charge in [-0.25, -0.2) is 0 Å². The quantitative estimate of drug-likeness (QED) is 0.545. The summed E-state index contributed by atoms with van der Waals surface area (Å²) in [7, 11) is 0. The van der Waals surface area contributed by atoms with E-state index in [0.29, 0.717) is 12.5 Å². The van der Waals surface area contributed by atoms with E-state index < -0.39 is 6.10 Å². The monoisotopic (exact) mass is 200 g/mol. The van der Waals surface area contributed by atoms with Crippen molar-refractivity contribution in [1.29, 1.82) is 0 Å². The molecule has 0 bridgehead atoms. The smallest absolute Gasteiger partial charge is 0.311 e. The molecule has 0 aromatic carbocycles. The van der Waals surface area contributed by atoms with Gasteiger partial charge in [-0.1, -0.05) is 19.8 Å².